The van der Waals surface area contributed by atoms with Crippen molar-refractivity contribution in [2.24, 2.45) is 7.05 Å². The van der Waals surface area contributed by atoms with E-state index in [4.69, 9.17) is 4.84 Å². The molecule has 0 atom stereocenters. The molecule has 0 saturated carbocycles. The maximum Gasteiger partial charge on any atom is 0.173 e. The molecule has 4 nitrogen and oxygen atoms in total. The second-order valence-electron chi connectivity index (χ2n) is 5.47. The number of imidazole rings is 1. The van der Waals surface area contributed by atoms with Crippen molar-refractivity contribution in [3.8, 4) is 11.4 Å². The van der Waals surface area contributed by atoms with Crippen molar-refractivity contribution in [2.45, 2.75) is 10.1 Å². The van der Waals surface area contributed by atoms with Crippen molar-refractivity contribution in [2.75, 3.05) is 7.11 Å². The zero-order chi connectivity index (χ0) is 16.5. The number of hydrogen-bond acceptors (Lipinski definition) is 3. The predicted molar refractivity (Wildman–Crippen MR) is 97.2 cm³/mol. The van der Waals surface area contributed by atoms with Crippen LogP contribution in [0.1, 0.15) is 0 Å². The van der Waals surface area contributed by atoms with Gasteiger partial charge in [-0.05, 0) is 24.3 Å². The van der Waals surface area contributed by atoms with Gasteiger partial charge in [0.05, 0.1) is 17.4 Å². The third kappa shape index (κ3) is 2.47. The molecule has 5 heteroatoms. The number of benzene rings is 2. The number of aromatic nitrogens is 3. The number of nitrogens with zero attached hydrogens (tertiary/aromatic N) is 3. The molecule has 0 radical (unpaired) electrons. The first-order valence-corrected chi connectivity index (χ1v) is 8.49. The van der Waals surface area contributed by atoms with E-state index in [-0.39, 0.29) is 0 Å². The van der Waals surface area contributed by atoms with Gasteiger partial charge in [-0.15, -0.1) is 0 Å². The molecule has 0 amide bonds. The molecule has 0 spiro atoms. The summed E-state index contributed by atoms with van der Waals surface area (Å²) in [6.07, 6.45) is 1.90. The monoisotopic (exact) mass is 335 g/mol. The Balaban J connectivity index is 1.78. The molecule has 0 aliphatic rings. The topological polar surface area (TPSA) is 32.0 Å². The van der Waals surface area contributed by atoms with E-state index in [1.807, 2.05) is 48.3 Å². The summed E-state index contributed by atoms with van der Waals surface area (Å²) in [6, 6.07) is 20.6. The van der Waals surface area contributed by atoms with E-state index in [0.29, 0.717) is 0 Å². The van der Waals surface area contributed by atoms with Gasteiger partial charge < -0.3 is 9.40 Å². The van der Waals surface area contributed by atoms with E-state index in [1.54, 1.807) is 18.9 Å². The number of rotatable bonds is 4. The Morgan fingerprint density at radius 1 is 0.958 bits per heavy atom. The fourth-order valence-electron chi connectivity index (χ4n) is 2.82. The van der Waals surface area contributed by atoms with Gasteiger partial charge in [0.25, 0.3) is 0 Å². The quantitative estimate of drug-likeness (QED) is 0.559. The van der Waals surface area contributed by atoms with E-state index in [0.717, 1.165) is 27.4 Å². The first-order chi connectivity index (χ1) is 11.8. The fraction of sp³-hybridized carbons (Fsp3) is 0.105. The van der Waals surface area contributed by atoms with E-state index in [9.17, 15) is 0 Å². The van der Waals surface area contributed by atoms with E-state index in [2.05, 4.69) is 39.9 Å². The van der Waals surface area contributed by atoms with Crippen LogP contribution in [-0.2, 0) is 7.05 Å². The molecule has 0 aliphatic carbocycles. The van der Waals surface area contributed by atoms with Crippen LogP contribution in [0.5, 0.6) is 0 Å². The maximum absolute atomic E-state index is 5.60. The lowest BCUT2D eigenvalue weighted by atomic mass is 10.2. The van der Waals surface area contributed by atoms with Gasteiger partial charge in [-0.3, -0.25) is 0 Å². The highest BCUT2D eigenvalue weighted by molar-refractivity contribution is 7.99. The SMILES string of the molecule is COn1c(-c2cnc(Sc3ccccc3)n2C)cc2ccccc21. The summed E-state index contributed by atoms with van der Waals surface area (Å²) in [7, 11) is 3.72. The first kappa shape index (κ1) is 14.9. The number of fused-ring (bicyclic) bond motifs is 1. The van der Waals surface area contributed by atoms with Gasteiger partial charge >= 0.3 is 0 Å². The van der Waals surface area contributed by atoms with Gasteiger partial charge in [-0.1, -0.05) is 48.2 Å². The van der Waals surface area contributed by atoms with Crippen LogP contribution >= 0.6 is 11.8 Å². The third-order valence-corrected chi connectivity index (χ3v) is 5.08. The Kier molecular flexibility index (Phi) is 3.78. The van der Waals surface area contributed by atoms with Crippen LogP contribution in [0.25, 0.3) is 22.3 Å². The minimum atomic E-state index is 0.948. The van der Waals surface area contributed by atoms with Crippen molar-refractivity contribution in [3.05, 3.63) is 66.9 Å². The first-order valence-electron chi connectivity index (χ1n) is 7.68. The van der Waals surface area contributed by atoms with Crippen LogP contribution in [0, 0.1) is 0 Å². The summed E-state index contributed by atoms with van der Waals surface area (Å²) < 4.78 is 3.95. The Morgan fingerprint density at radius 2 is 1.71 bits per heavy atom. The molecule has 0 fully saturated rings. The number of para-hydroxylation sites is 1. The van der Waals surface area contributed by atoms with Gasteiger partial charge in [0.15, 0.2) is 5.16 Å². The second-order valence-corrected chi connectivity index (χ2v) is 6.51. The molecule has 24 heavy (non-hydrogen) atoms. The van der Waals surface area contributed by atoms with Crippen LogP contribution in [0.3, 0.4) is 0 Å². The molecule has 120 valence electrons. The van der Waals surface area contributed by atoms with Crippen molar-refractivity contribution >= 4 is 22.7 Å². The Bertz CT molecular complexity index is 988. The molecule has 4 rings (SSSR count). The van der Waals surface area contributed by atoms with Crippen molar-refractivity contribution in [1.82, 2.24) is 14.3 Å². The Morgan fingerprint density at radius 3 is 2.50 bits per heavy atom. The Labute approximate surface area is 144 Å². The highest BCUT2D eigenvalue weighted by Gasteiger charge is 2.16. The van der Waals surface area contributed by atoms with Gasteiger partial charge in [0, 0.05) is 17.3 Å². The Hall–Kier alpha value is -2.66. The minimum Gasteiger partial charge on any atom is -0.416 e. The normalized spacial score (nSPS) is 11.1. The third-order valence-electron chi connectivity index (χ3n) is 4.01. The van der Waals surface area contributed by atoms with E-state index < -0.39 is 0 Å². The van der Waals surface area contributed by atoms with Crippen LogP contribution in [-0.4, -0.2) is 21.4 Å². The summed E-state index contributed by atoms with van der Waals surface area (Å²) in [5.41, 5.74) is 3.06. The zero-order valence-electron chi connectivity index (χ0n) is 13.5. The zero-order valence-corrected chi connectivity index (χ0v) is 14.3. The summed E-state index contributed by atoms with van der Waals surface area (Å²) in [5, 5.41) is 2.09. The standard InChI is InChI=1S/C19H17N3OS/c1-21-18(13-20-19(21)24-15-9-4-3-5-10-15)17-12-14-8-6-7-11-16(14)22(17)23-2/h3-13H,1-2H3. The van der Waals surface area contributed by atoms with E-state index in [1.165, 1.54) is 4.90 Å². The van der Waals surface area contributed by atoms with Gasteiger partial charge in [0.2, 0.25) is 0 Å². The largest absolute Gasteiger partial charge is 0.416 e. The highest BCUT2D eigenvalue weighted by Crippen LogP contribution is 2.32. The van der Waals surface area contributed by atoms with Crippen LogP contribution in [0.2, 0.25) is 0 Å². The molecule has 0 bridgehead atoms. The van der Waals surface area contributed by atoms with Crippen LogP contribution < -0.4 is 4.84 Å². The molecule has 0 saturated heterocycles. The van der Waals surface area contributed by atoms with Crippen molar-refractivity contribution in [3.63, 3.8) is 0 Å². The predicted octanol–water partition coefficient (Wildman–Crippen LogP) is 4.25. The van der Waals surface area contributed by atoms with Crippen LogP contribution in [0.15, 0.2) is 76.9 Å². The maximum atomic E-state index is 5.60. The molecule has 2 aromatic heterocycles. The second kappa shape index (κ2) is 6.09. The molecule has 2 heterocycles. The average molecular weight is 335 g/mol. The molecule has 2 aromatic carbocycles. The fourth-order valence-corrected chi connectivity index (χ4v) is 3.67. The van der Waals surface area contributed by atoms with Crippen molar-refractivity contribution in [1.29, 1.82) is 0 Å². The van der Waals surface area contributed by atoms with E-state index >= 15 is 0 Å². The molecular formula is C19H17N3OS. The van der Waals surface area contributed by atoms with Crippen LogP contribution in [0.4, 0.5) is 0 Å². The smallest absolute Gasteiger partial charge is 0.173 e. The molecule has 0 N–H and O–H groups in total. The lowest BCUT2D eigenvalue weighted by molar-refractivity contribution is 0.183. The summed E-state index contributed by atoms with van der Waals surface area (Å²) in [4.78, 5) is 11.4. The molecule has 4 aromatic rings. The van der Waals surface area contributed by atoms with Gasteiger partial charge in [-0.2, -0.15) is 4.73 Å². The summed E-state index contributed by atoms with van der Waals surface area (Å²) >= 11 is 1.65. The number of hydrogen-bond donors (Lipinski definition) is 0. The summed E-state index contributed by atoms with van der Waals surface area (Å²) in [6.45, 7) is 0. The highest BCUT2D eigenvalue weighted by atomic mass is 32.2. The van der Waals surface area contributed by atoms with Gasteiger partial charge in [0.1, 0.15) is 12.8 Å². The lowest BCUT2D eigenvalue weighted by Crippen LogP contribution is -2.08. The molecular weight excluding hydrogens is 318 g/mol. The lowest BCUT2D eigenvalue weighted by Gasteiger charge is -2.09. The molecule has 0 unspecified atom stereocenters. The molecule has 0 aliphatic heterocycles. The van der Waals surface area contributed by atoms with Crippen molar-refractivity contribution < 1.29 is 4.84 Å². The van der Waals surface area contributed by atoms with Gasteiger partial charge in [-0.25, -0.2) is 4.98 Å². The summed E-state index contributed by atoms with van der Waals surface area (Å²) in [5.74, 6) is 0. The average Bonchev–Trinajstić information content (AvgIpc) is 3.16. The minimum absolute atomic E-state index is 0.948.